The predicted molar refractivity (Wildman–Crippen MR) is 49.7 cm³/mol. The van der Waals surface area contributed by atoms with Crippen LogP contribution in [0.25, 0.3) is 0 Å². The summed E-state index contributed by atoms with van der Waals surface area (Å²) in [5.41, 5.74) is 0. The zero-order valence-electron chi connectivity index (χ0n) is 9.06. The van der Waals surface area contributed by atoms with E-state index in [1.54, 1.807) is 0 Å². The summed E-state index contributed by atoms with van der Waals surface area (Å²) in [5.74, 6) is -2.44. The van der Waals surface area contributed by atoms with Crippen molar-refractivity contribution in [3.63, 3.8) is 0 Å². The summed E-state index contributed by atoms with van der Waals surface area (Å²) in [4.78, 5) is 0. The largest absolute Gasteiger partial charge is 0.421 e. The molecule has 1 heterocycles. The second kappa shape index (κ2) is 4.68. The Morgan fingerprint density at radius 1 is 0.571 bits per heavy atom. The number of hydrogen-bond donors (Lipinski definition) is 0. The fourth-order valence-electron chi connectivity index (χ4n) is 1.39. The van der Waals surface area contributed by atoms with E-state index in [-0.39, 0.29) is 0 Å². The Bertz CT molecular complexity index is 332. The summed E-state index contributed by atoms with van der Waals surface area (Å²) in [6.45, 7) is 0. The third-order valence-electron chi connectivity index (χ3n) is 2.46. The fourth-order valence-corrected chi connectivity index (χ4v) is 4.65. The van der Waals surface area contributed by atoms with E-state index in [4.69, 9.17) is 0 Å². The lowest BCUT2D eigenvalue weighted by atomic mass is 10.1. The summed E-state index contributed by atoms with van der Waals surface area (Å²) >= 11 is -3.67. The van der Waals surface area contributed by atoms with Crippen LogP contribution in [0.15, 0.2) is 0 Å². The molecule has 1 aliphatic heterocycles. The van der Waals surface area contributed by atoms with Crippen LogP contribution in [0.5, 0.6) is 0 Å². The van der Waals surface area contributed by atoms with E-state index in [1.807, 2.05) is 0 Å². The van der Waals surface area contributed by atoms with Crippen molar-refractivity contribution in [1.82, 2.24) is 0 Å². The van der Waals surface area contributed by atoms with Gasteiger partial charge in [0.05, 0.1) is 0 Å². The standard InChI is InChI=1S/C7H2F12S2/c8-4(9,10)2(5(11,12)13)1-20-3(21-2,6(14,15)16)7(17,18)19/h1H2. The van der Waals surface area contributed by atoms with Crippen molar-refractivity contribution in [2.24, 2.45) is 0 Å². The summed E-state index contributed by atoms with van der Waals surface area (Å²) < 4.78 is 140. The van der Waals surface area contributed by atoms with Gasteiger partial charge in [-0.3, -0.25) is 0 Å². The summed E-state index contributed by atoms with van der Waals surface area (Å²) in [5, 5.41) is 0. The van der Waals surface area contributed by atoms with Gasteiger partial charge < -0.3 is 0 Å². The van der Waals surface area contributed by atoms with Crippen LogP contribution >= 0.6 is 23.5 Å². The van der Waals surface area contributed by atoms with Crippen molar-refractivity contribution in [2.75, 3.05) is 5.75 Å². The molecule has 0 aromatic heterocycles. The quantitative estimate of drug-likeness (QED) is 0.535. The molecule has 1 saturated heterocycles. The fraction of sp³-hybridized carbons (Fsp3) is 1.00. The highest BCUT2D eigenvalue weighted by molar-refractivity contribution is 8.22. The summed E-state index contributed by atoms with van der Waals surface area (Å²) in [6, 6.07) is 0. The molecule has 0 aromatic carbocycles. The average Bonchev–Trinajstić information content (AvgIpc) is 2.54. The molecule has 0 spiro atoms. The molecule has 1 rings (SSSR count). The van der Waals surface area contributed by atoms with Crippen LogP contribution in [0.3, 0.4) is 0 Å². The maximum absolute atomic E-state index is 12.5. The van der Waals surface area contributed by atoms with E-state index in [1.165, 1.54) is 0 Å². The zero-order valence-corrected chi connectivity index (χ0v) is 10.7. The number of halogens is 12. The van der Waals surface area contributed by atoms with Crippen molar-refractivity contribution >= 4 is 23.5 Å². The van der Waals surface area contributed by atoms with E-state index in [9.17, 15) is 52.7 Å². The highest BCUT2D eigenvalue weighted by Gasteiger charge is 2.85. The number of hydrogen-bond acceptors (Lipinski definition) is 2. The minimum atomic E-state index is -6.35. The smallest absolute Gasteiger partial charge is 0.169 e. The average molecular weight is 378 g/mol. The van der Waals surface area contributed by atoms with Crippen molar-refractivity contribution in [3.8, 4) is 0 Å². The van der Waals surface area contributed by atoms with Crippen LogP contribution in [-0.4, -0.2) is 39.3 Å². The van der Waals surface area contributed by atoms with E-state index in [0.717, 1.165) is 0 Å². The molecule has 0 amide bonds. The number of rotatable bonds is 0. The molecule has 0 aliphatic carbocycles. The lowest BCUT2D eigenvalue weighted by Gasteiger charge is -2.36. The third kappa shape index (κ3) is 2.65. The minimum absolute atomic E-state index is 1.46. The van der Waals surface area contributed by atoms with Gasteiger partial charge in [-0.05, 0) is 0 Å². The van der Waals surface area contributed by atoms with Crippen molar-refractivity contribution in [1.29, 1.82) is 0 Å². The Morgan fingerprint density at radius 3 is 1.05 bits per heavy atom. The zero-order chi connectivity index (χ0) is 17.1. The molecule has 0 unspecified atom stereocenters. The molecule has 1 fully saturated rings. The second-order valence-electron chi connectivity index (χ2n) is 3.83. The normalized spacial score (nSPS) is 23.4. The van der Waals surface area contributed by atoms with Gasteiger partial charge in [0.1, 0.15) is 0 Å². The molecule has 21 heavy (non-hydrogen) atoms. The molecule has 0 atom stereocenters. The third-order valence-corrected chi connectivity index (χ3v) is 6.40. The van der Waals surface area contributed by atoms with Crippen LogP contribution < -0.4 is 0 Å². The van der Waals surface area contributed by atoms with Gasteiger partial charge in [0.2, 0.25) is 4.75 Å². The molecule has 0 bridgehead atoms. The highest BCUT2D eigenvalue weighted by Crippen LogP contribution is 2.72. The molecule has 126 valence electrons. The van der Waals surface area contributed by atoms with Gasteiger partial charge in [0.25, 0.3) is 4.08 Å². The minimum Gasteiger partial charge on any atom is -0.169 e. The molecular formula is C7H2F12S2. The monoisotopic (exact) mass is 378 g/mol. The van der Waals surface area contributed by atoms with Crippen LogP contribution in [-0.2, 0) is 0 Å². The molecule has 1 aliphatic rings. The topological polar surface area (TPSA) is 0 Å². The highest BCUT2D eigenvalue weighted by atomic mass is 32.2. The van der Waals surface area contributed by atoms with Crippen LogP contribution in [0.2, 0.25) is 0 Å². The SMILES string of the molecule is FC(F)(F)C1(C(F)(F)F)CSC(C(F)(F)F)(C(F)(F)F)S1. The first-order valence-electron chi connectivity index (χ1n) is 4.52. The first kappa shape index (κ1) is 18.9. The van der Waals surface area contributed by atoms with E-state index in [2.05, 4.69) is 0 Å². The van der Waals surface area contributed by atoms with Crippen molar-refractivity contribution in [3.05, 3.63) is 0 Å². The summed E-state index contributed by atoms with van der Waals surface area (Å²) in [7, 11) is 0. The van der Waals surface area contributed by atoms with Crippen LogP contribution in [0.1, 0.15) is 0 Å². The maximum Gasteiger partial charge on any atom is 0.421 e. The van der Waals surface area contributed by atoms with E-state index >= 15 is 0 Å². The second-order valence-corrected chi connectivity index (χ2v) is 6.79. The van der Waals surface area contributed by atoms with Crippen LogP contribution in [0.4, 0.5) is 52.7 Å². The molecule has 0 N–H and O–H groups in total. The number of thioether (sulfide) groups is 2. The Kier molecular flexibility index (Phi) is 4.21. The Morgan fingerprint density at radius 2 is 0.905 bits per heavy atom. The summed E-state index contributed by atoms with van der Waals surface area (Å²) in [6.07, 6.45) is -25.4. The molecule has 0 nitrogen and oxygen atoms in total. The van der Waals surface area contributed by atoms with E-state index in [0.29, 0.717) is 0 Å². The molecule has 14 heteroatoms. The lowest BCUT2D eigenvalue weighted by Crippen LogP contribution is -2.57. The van der Waals surface area contributed by atoms with Gasteiger partial charge >= 0.3 is 24.7 Å². The Labute approximate surface area is 116 Å². The molecular weight excluding hydrogens is 376 g/mol. The van der Waals surface area contributed by atoms with Crippen molar-refractivity contribution < 1.29 is 52.7 Å². The van der Waals surface area contributed by atoms with Gasteiger partial charge in [-0.25, -0.2) is 0 Å². The number of alkyl halides is 12. The Balaban J connectivity index is 3.49. The van der Waals surface area contributed by atoms with Crippen molar-refractivity contribution in [2.45, 2.75) is 33.5 Å². The van der Waals surface area contributed by atoms with Gasteiger partial charge in [0.15, 0.2) is 0 Å². The van der Waals surface area contributed by atoms with E-state index < -0.39 is 62.8 Å². The first-order chi connectivity index (χ1) is 8.91. The van der Waals surface area contributed by atoms with Gasteiger partial charge in [-0.15, -0.1) is 11.8 Å². The predicted octanol–water partition coefficient (Wildman–Crippen LogP) is 5.15. The molecule has 0 saturated carbocycles. The first-order valence-corrected chi connectivity index (χ1v) is 6.32. The van der Waals surface area contributed by atoms with Crippen LogP contribution in [0, 0.1) is 0 Å². The van der Waals surface area contributed by atoms with Gasteiger partial charge in [-0.2, -0.15) is 52.7 Å². The lowest BCUT2D eigenvalue weighted by molar-refractivity contribution is -0.259. The Hall–Kier alpha value is -0.140. The van der Waals surface area contributed by atoms with Gasteiger partial charge in [0, 0.05) is 5.75 Å². The maximum atomic E-state index is 12.5. The van der Waals surface area contributed by atoms with Gasteiger partial charge in [-0.1, -0.05) is 11.8 Å². The molecule has 0 aromatic rings. The molecule has 0 radical (unpaired) electrons.